The fourth-order valence-electron chi connectivity index (χ4n) is 8.46. The van der Waals surface area contributed by atoms with Gasteiger partial charge in [-0.05, 0) is 93.0 Å². The molecule has 1 heterocycles. The highest BCUT2D eigenvalue weighted by Gasteiger charge is 2.46. The lowest BCUT2D eigenvalue weighted by Crippen LogP contribution is -2.28. The molecule has 0 saturated carbocycles. The normalized spacial score (nSPS) is 12.9. The summed E-state index contributed by atoms with van der Waals surface area (Å²) in [7, 11) is 0. The quantitative estimate of drug-likeness (QED) is 0.189. The topological polar surface area (TPSA) is 17.0 Å². The van der Waals surface area contributed by atoms with Crippen LogP contribution in [0.4, 0.5) is 11.4 Å². The maximum atomic E-state index is 3.75. The molecular formula is C49H34N2. The van der Waals surface area contributed by atoms with E-state index in [1.165, 1.54) is 66.3 Å². The number of benzene rings is 8. The Morgan fingerprint density at radius 1 is 0.373 bits per heavy atom. The van der Waals surface area contributed by atoms with Gasteiger partial charge in [0.05, 0.1) is 16.4 Å². The molecule has 10 rings (SSSR count). The summed E-state index contributed by atoms with van der Waals surface area (Å²) < 4.78 is 2.38. The van der Waals surface area contributed by atoms with E-state index in [9.17, 15) is 0 Å². The lowest BCUT2D eigenvalue weighted by Gasteiger charge is -2.34. The van der Waals surface area contributed by atoms with Crippen LogP contribution in [-0.4, -0.2) is 4.57 Å². The Kier molecular flexibility index (Phi) is 6.75. The van der Waals surface area contributed by atoms with E-state index in [1.54, 1.807) is 0 Å². The molecule has 0 saturated heterocycles. The summed E-state index contributed by atoms with van der Waals surface area (Å²) in [5.74, 6) is 0. The molecule has 0 fully saturated rings. The van der Waals surface area contributed by atoms with E-state index in [0.29, 0.717) is 0 Å². The Labute approximate surface area is 297 Å². The number of aromatic nitrogens is 1. The number of para-hydroxylation sites is 2. The zero-order valence-electron chi connectivity index (χ0n) is 28.0. The van der Waals surface area contributed by atoms with Crippen molar-refractivity contribution >= 4 is 33.2 Å². The molecule has 240 valence electrons. The third kappa shape index (κ3) is 4.57. The van der Waals surface area contributed by atoms with Crippen molar-refractivity contribution in [2.24, 2.45) is 0 Å². The van der Waals surface area contributed by atoms with Crippen LogP contribution in [0.3, 0.4) is 0 Å². The molecule has 0 unspecified atom stereocenters. The smallest absolute Gasteiger partial charge is 0.0714 e. The summed E-state index contributed by atoms with van der Waals surface area (Å²) in [6, 6.07) is 72.7. The molecule has 1 N–H and O–H groups in total. The van der Waals surface area contributed by atoms with Crippen LogP contribution in [0.25, 0.3) is 49.7 Å². The molecule has 0 radical (unpaired) electrons. The van der Waals surface area contributed by atoms with Gasteiger partial charge in [-0.15, -0.1) is 0 Å². The van der Waals surface area contributed by atoms with Gasteiger partial charge in [-0.3, -0.25) is 0 Å². The van der Waals surface area contributed by atoms with Crippen LogP contribution >= 0.6 is 0 Å². The van der Waals surface area contributed by atoms with Crippen molar-refractivity contribution in [2.75, 3.05) is 5.32 Å². The maximum Gasteiger partial charge on any atom is 0.0714 e. The number of anilines is 2. The number of rotatable bonds is 6. The zero-order valence-corrected chi connectivity index (χ0v) is 28.0. The second kappa shape index (κ2) is 11.8. The highest BCUT2D eigenvalue weighted by atomic mass is 15.0. The number of fused-ring (bicyclic) bond motifs is 6. The second-order valence-electron chi connectivity index (χ2n) is 13.4. The third-order valence-corrected chi connectivity index (χ3v) is 10.6. The molecule has 8 aromatic carbocycles. The minimum atomic E-state index is -0.419. The Morgan fingerprint density at radius 3 is 1.63 bits per heavy atom. The summed E-state index contributed by atoms with van der Waals surface area (Å²) in [5, 5.41) is 6.29. The van der Waals surface area contributed by atoms with Crippen molar-refractivity contribution in [2.45, 2.75) is 5.41 Å². The van der Waals surface area contributed by atoms with Gasteiger partial charge < -0.3 is 9.88 Å². The average Bonchev–Trinajstić information content (AvgIpc) is 3.70. The van der Waals surface area contributed by atoms with Crippen LogP contribution in [0.1, 0.15) is 22.3 Å². The van der Waals surface area contributed by atoms with Gasteiger partial charge in [-0.2, -0.15) is 0 Å². The van der Waals surface area contributed by atoms with Gasteiger partial charge in [0.2, 0.25) is 0 Å². The molecule has 0 aliphatic heterocycles. The van der Waals surface area contributed by atoms with Crippen molar-refractivity contribution < 1.29 is 0 Å². The van der Waals surface area contributed by atoms with E-state index >= 15 is 0 Å². The van der Waals surface area contributed by atoms with Gasteiger partial charge in [-0.25, -0.2) is 0 Å². The van der Waals surface area contributed by atoms with Gasteiger partial charge in [0.15, 0.2) is 0 Å². The molecule has 0 spiro atoms. The lowest BCUT2D eigenvalue weighted by atomic mass is 9.67. The van der Waals surface area contributed by atoms with Crippen molar-refractivity contribution in [3.8, 4) is 27.9 Å². The number of hydrogen-bond acceptors (Lipinski definition) is 1. The second-order valence-corrected chi connectivity index (χ2v) is 13.4. The molecule has 0 atom stereocenters. The van der Waals surface area contributed by atoms with E-state index in [0.717, 1.165) is 17.1 Å². The zero-order chi connectivity index (χ0) is 33.8. The van der Waals surface area contributed by atoms with Gasteiger partial charge >= 0.3 is 0 Å². The number of nitrogens with one attached hydrogen (secondary N) is 1. The summed E-state index contributed by atoms with van der Waals surface area (Å²) in [6.45, 7) is 0. The standard InChI is InChI=1S/C49H34N2/c1-3-15-36(16-4-1)49(37-17-5-2-6-18-37)45-23-10-7-20-41(45)42-31-30-39(33-46(42)49)50-38-28-26-34(27-29-38)35-14-13-19-40(32-35)51-47-24-11-8-21-43(47)44-22-9-12-25-48(44)51/h1-33,50H. The Balaban J connectivity index is 1.02. The molecule has 9 aromatic rings. The average molecular weight is 651 g/mol. The first-order chi connectivity index (χ1) is 25.3. The van der Waals surface area contributed by atoms with Gasteiger partial charge in [0.25, 0.3) is 0 Å². The van der Waals surface area contributed by atoms with E-state index < -0.39 is 5.41 Å². The fourth-order valence-corrected chi connectivity index (χ4v) is 8.46. The van der Waals surface area contributed by atoms with Crippen LogP contribution in [-0.2, 0) is 5.41 Å². The number of nitrogens with zero attached hydrogens (tertiary/aromatic N) is 1. The summed E-state index contributed by atoms with van der Waals surface area (Å²) in [4.78, 5) is 0. The molecule has 1 aliphatic rings. The summed E-state index contributed by atoms with van der Waals surface area (Å²) in [6.07, 6.45) is 0. The van der Waals surface area contributed by atoms with Crippen LogP contribution in [0.2, 0.25) is 0 Å². The molecule has 2 heteroatoms. The van der Waals surface area contributed by atoms with Crippen LogP contribution in [0.5, 0.6) is 0 Å². The first-order valence-corrected chi connectivity index (χ1v) is 17.6. The Hall–Kier alpha value is -6.64. The van der Waals surface area contributed by atoms with E-state index in [1.807, 2.05) is 0 Å². The van der Waals surface area contributed by atoms with Crippen molar-refractivity contribution in [3.63, 3.8) is 0 Å². The Morgan fingerprint density at radius 2 is 0.941 bits per heavy atom. The predicted octanol–water partition coefficient (Wildman–Crippen LogP) is 12.6. The molecular weight excluding hydrogens is 617 g/mol. The molecule has 0 amide bonds. The summed E-state index contributed by atoms with van der Waals surface area (Å²) >= 11 is 0. The van der Waals surface area contributed by atoms with Gasteiger partial charge in [-0.1, -0.05) is 152 Å². The number of hydrogen-bond donors (Lipinski definition) is 1. The minimum absolute atomic E-state index is 0.419. The van der Waals surface area contributed by atoms with Crippen LogP contribution < -0.4 is 5.32 Å². The molecule has 0 bridgehead atoms. The van der Waals surface area contributed by atoms with Crippen molar-refractivity contribution in [1.29, 1.82) is 0 Å². The highest BCUT2D eigenvalue weighted by molar-refractivity contribution is 6.09. The van der Waals surface area contributed by atoms with Crippen molar-refractivity contribution in [3.05, 3.63) is 222 Å². The van der Waals surface area contributed by atoms with Crippen molar-refractivity contribution in [1.82, 2.24) is 4.57 Å². The highest BCUT2D eigenvalue weighted by Crippen LogP contribution is 2.56. The third-order valence-electron chi connectivity index (χ3n) is 10.6. The SMILES string of the molecule is c1ccc(C2(c3ccccc3)c3ccccc3-c3ccc(Nc4ccc(-c5cccc(-n6c7ccccc7c7ccccc76)c5)cc4)cc32)cc1. The molecule has 51 heavy (non-hydrogen) atoms. The van der Waals surface area contributed by atoms with Crippen LogP contribution in [0.15, 0.2) is 200 Å². The minimum Gasteiger partial charge on any atom is -0.356 e. The largest absolute Gasteiger partial charge is 0.356 e. The Bertz CT molecular complexity index is 2610. The fraction of sp³-hybridized carbons (Fsp3) is 0.0204. The monoisotopic (exact) mass is 650 g/mol. The lowest BCUT2D eigenvalue weighted by molar-refractivity contribution is 0.769. The van der Waals surface area contributed by atoms with Gasteiger partial charge in [0, 0.05) is 27.8 Å². The van der Waals surface area contributed by atoms with E-state index in [4.69, 9.17) is 0 Å². The molecule has 1 aromatic heterocycles. The predicted molar refractivity (Wildman–Crippen MR) is 213 cm³/mol. The summed E-state index contributed by atoms with van der Waals surface area (Å²) in [5.41, 5.74) is 15.4. The van der Waals surface area contributed by atoms with E-state index in [2.05, 4.69) is 210 Å². The van der Waals surface area contributed by atoms with Gasteiger partial charge in [0.1, 0.15) is 0 Å². The van der Waals surface area contributed by atoms with E-state index in [-0.39, 0.29) is 0 Å². The van der Waals surface area contributed by atoms with Crippen LogP contribution in [0, 0.1) is 0 Å². The molecule has 2 nitrogen and oxygen atoms in total. The molecule has 1 aliphatic carbocycles. The first-order valence-electron chi connectivity index (χ1n) is 17.6. The first kappa shape index (κ1) is 29.3. The maximum absolute atomic E-state index is 3.75.